The molecule has 2 fully saturated rings. The molecule has 30 heavy (non-hydrogen) atoms. The van der Waals surface area contributed by atoms with Crippen LogP contribution in [0.5, 0.6) is 6.01 Å². The molecule has 4 heterocycles. The summed E-state index contributed by atoms with van der Waals surface area (Å²) >= 11 is 6.35. The van der Waals surface area contributed by atoms with E-state index in [1.54, 1.807) is 0 Å². The number of pyridine rings is 1. The lowest BCUT2D eigenvalue weighted by Crippen LogP contribution is -2.35. The van der Waals surface area contributed by atoms with Crippen molar-refractivity contribution >= 4 is 30.8 Å². The van der Waals surface area contributed by atoms with Gasteiger partial charge >= 0.3 is 6.01 Å². The van der Waals surface area contributed by atoms with Crippen LogP contribution in [0.3, 0.4) is 0 Å². The first-order valence-electron chi connectivity index (χ1n) is 10.5. The van der Waals surface area contributed by atoms with Gasteiger partial charge in [0.25, 0.3) is 0 Å². The molecular weight excluding hydrogens is 426 g/mol. The Morgan fingerprint density at radius 1 is 1.23 bits per heavy atom. The molecule has 0 amide bonds. The summed E-state index contributed by atoms with van der Waals surface area (Å²) in [4.78, 5) is 9.33. The van der Waals surface area contributed by atoms with Crippen molar-refractivity contribution in [2.75, 3.05) is 19.8 Å². The number of aryl methyl sites for hydroxylation is 1. The van der Waals surface area contributed by atoms with Gasteiger partial charge < -0.3 is 24.1 Å². The van der Waals surface area contributed by atoms with Gasteiger partial charge in [0.05, 0.1) is 23.9 Å². The van der Waals surface area contributed by atoms with Crippen molar-refractivity contribution < 1.29 is 24.1 Å². The number of halogens is 1. The van der Waals surface area contributed by atoms with Crippen LogP contribution in [0, 0.1) is 0 Å². The molecule has 2 aliphatic rings. The Labute approximate surface area is 182 Å². The lowest BCUT2D eigenvalue weighted by Gasteiger charge is -2.19. The second-order valence-corrected chi connectivity index (χ2v) is 15.1. The number of aliphatic hydroxyl groups is 1. The van der Waals surface area contributed by atoms with E-state index in [2.05, 4.69) is 24.6 Å². The zero-order valence-corrected chi connectivity index (χ0v) is 19.7. The predicted molar refractivity (Wildman–Crippen MR) is 116 cm³/mol. The normalized spacial score (nSPS) is 26.5. The van der Waals surface area contributed by atoms with Crippen LogP contribution in [-0.2, 0) is 27.4 Å². The number of ether oxygens (including phenoxy) is 4. The van der Waals surface area contributed by atoms with Gasteiger partial charge in [0.1, 0.15) is 30.6 Å². The van der Waals surface area contributed by atoms with E-state index in [9.17, 15) is 5.11 Å². The molecule has 4 unspecified atom stereocenters. The van der Waals surface area contributed by atoms with Gasteiger partial charge in [-0.25, -0.2) is 4.98 Å². The molecule has 2 aromatic heterocycles. The Morgan fingerprint density at radius 2 is 2.00 bits per heavy atom. The van der Waals surface area contributed by atoms with Crippen molar-refractivity contribution in [3.8, 4) is 6.01 Å². The molecule has 0 spiro atoms. The number of fused-ring (bicyclic) bond motifs is 2. The Bertz CT molecular complexity index is 903. The van der Waals surface area contributed by atoms with E-state index in [0.29, 0.717) is 42.1 Å². The summed E-state index contributed by atoms with van der Waals surface area (Å²) in [7, 11) is -1.19. The van der Waals surface area contributed by atoms with Crippen LogP contribution in [0.4, 0.5) is 0 Å². The number of aliphatic hydroxyl groups excluding tert-OH is 1. The summed E-state index contributed by atoms with van der Waals surface area (Å²) in [6.45, 7) is 10.5. The molecule has 1 N–H and O–H groups in total. The fraction of sp³-hybridized carbons (Fsp3) is 0.700. The lowest BCUT2D eigenvalue weighted by molar-refractivity contribution is 0.00336. The highest BCUT2D eigenvalue weighted by molar-refractivity contribution is 6.76. The Morgan fingerprint density at radius 3 is 2.73 bits per heavy atom. The molecule has 2 saturated heterocycles. The average Bonchev–Trinajstić information content (AvgIpc) is 3.34. The predicted octanol–water partition coefficient (Wildman–Crippen LogP) is 2.87. The highest BCUT2D eigenvalue weighted by Gasteiger charge is 2.48. The second kappa shape index (κ2) is 8.72. The van der Waals surface area contributed by atoms with Crippen molar-refractivity contribution in [3.05, 3.63) is 16.8 Å². The molecule has 4 atom stereocenters. The first-order valence-corrected chi connectivity index (χ1v) is 14.6. The summed E-state index contributed by atoms with van der Waals surface area (Å²) < 4.78 is 25.4. The molecule has 4 rings (SSSR count). The minimum atomic E-state index is -1.19. The zero-order valence-electron chi connectivity index (χ0n) is 17.9. The third kappa shape index (κ3) is 4.51. The monoisotopic (exact) mass is 455 g/mol. The van der Waals surface area contributed by atoms with Gasteiger partial charge in [-0.05, 0) is 18.5 Å². The molecule has 10 heteroatoms. The van der Waals surface area contributed by atoms with Gasteiger partial charge in [-0.2, -0.15) is 4.98 Å². The third-order valence-electron chi connectivity index (χ3n) is 5.50. The molecular formula is C20H30ClN3O5Si. The van der Waals surface area contributed by atoms with E-state index < -0.39 is 14.2 Å². The largest absolute Gasteiger partial charge is 0.456 e. The topological polar surface area (TPSA) is 87.9 Å². The van der Waals surface area contributed by atoms with Gasteiger partial charge in [0, 0.05) is 14.7 Å². The molecule has 2 aliphatic heterocycles. The van der Waals surface area contributed by atoms with Crippen molar-refractivity contribution in [2.24, 2.45) is 0 Å². The molecule has 0 bridgehead atoms. The van der Waals surface area contributed by atoms with Crippen LogP contribution < -0.4 is 4.74 Å². The van der Waals surface area contributed by atoms with Gasteiger partial charge in [0.15, 0.2) is 11.8 Å². The first kappa shape index (κ1) is 22.0. The maximum absolute atomic E-state index is 9.98. The molecule has 0 aliphatic carbocycles. The lowest BCUT2D eigenvalue weighted by atomic mass is 10.1. The maximum atomic E-state index is 9.98. The van der Waals surface area contributed by atoms with Gasteiger partial charge in [-0.3, -0.25) is 4.57 Å². The number of hydrogen-bond donors (Lipinski definition) is 1. The van der Waals surface area contributed by atoms with Gasteiger partial charge in [0.2, 0.25) is 0 Å². The highest BCUT2D eigenvalue weighted by atomic mass is 35.5. The number of imidazole rings is 1. The molecule has 166 valence electrons. The van der Waals surface area contributed by atoms with E-state index in [4.69, 9.17) is 35.5 Å². The maximum Gasteiger partial charge on any atom is 0.301 e. The Balaban J connectivity index is 1.59. The first-order chi connectivity index (χ1) is 14.3. The average molecular weight is 456 g/mol. The summed E-state index contributed by atoms with van der Waals surface area (Å²) in [5.41, 5.74) is 2.15. The van der Waals surface area contributed by atoms with Crippen LogP contribution in [0.1, 0.15) is 12.6 Å². The van der Waals surface area contributed by atoms with Gasteiger partial charge in [-0.15, -0.1) is 0 Å². The Hall–Kier alpha value is -1.23. The van der Waals surface area contributed by atoms with Crippen LogP contribution in [-0.4, -0.2) is 72.0 Å². The molecule has 2 aromatic rings. The van der Waals surface area contributed by atoms with Crippen molar-refractivity contribution in [2.45, 2.75) is 70.2 Å². The summed E-state index contributed by atoms with van der Waals surface area (Å²) in [6.07, 6.45) is -0.937. The van der Waals surface area contributed by atoms with E-state index >= 15 is 0 Å². The fourth-order valence-corrected chi connectivity index (χ4v) is 4.75. The van der Waals surface area contributed by atoms with Crippen LogP contribution in [0.15, 0.2) is 6.07 Å². The molecule has 8 nitrogen and oxygen atoms in total. The van der Waals surface area contributed by atoms with Crippen molar-refractivity contribution in [1.82, 2.24) is 14.5 Å². The fourth-order valence-electron chi connectivity index (χ4n) is 3.71. The van der Waals surface area contributed by atoms with E-state index in [1.807, 2.05) is 17.6 Å². The number of hydrogen-bond acceptors (Lipinski definition) is 7. The van der Waals surface area contributed by atoms with Crippen LogP contribution >= 0.6 is 11.6 Å². The smallest absolute Gasteiger partial charge is 0.301 e. The van der Waals surface area contributed by atoms with E-state index in [0.717, 1.165) is 18.2 Å². The summed E-state index contributed by atoms with van der Waals surface area (Å²) in [6, 6.07) is 3.29. The van der Waals surface area contributed by atoms with Crippen molar-refractivity contribution in [3.63, 3.8) is 0 Å². The van der Waals surface area contributed by atoms with Crippen molar-refractivity contribution in [1.29, 1.82) is 0 Å². The SMILES string of the molecule is CCc1nc2c(cc1Cl)nc(OC1COC3C(O)COC13)n2COCC[Si](C)(C)C. The van der Waals surface area contributed by atoms with E-state index in [-0.39, 0.29) is 24.9 Å². The molecule has 0 saturated carbocycles. The quantitative estimate of drug-likeness (QED) is 0.483. The minimum absolute atomic E-state index is 0.252. The van der Waals surface area contributed by atoms with Gasteiger partial charge in [-0.1, -0.05) is 38.2 Å². The number of rotatable bonds is 8. The summed E-state index contributed by atoms with van der Waals surface area (Å²) in [5.74, 6) is 0. The van der Waals surface area contributed by atoms with Crippen LogP contribution in [0.2, 0.25) is 30.7 Å². The number of nitrogens with zero attached hydrogens (tertiary/aromatic N) is 3. The zero-order chi connectivity index (χ0) is 21.5. The van der Waals surface area contributed by atoms with E-state index in [1.165, 1.54) is 0 Å². The third-order valence-corrected chi connectivity index (χ3v) is 7.53. The standard InChI is InChI=1S/C20H30ClN3O5Si/c1-5-13-12(21)8-14-19(22-13)24(11-26-6-7-30(2,3)4)20(23-14)29-16-10-28-17-15(25)9-27-18(16)17/h8,15-18,25H,5-7,9-11H2,1-4H3. The number of aromatic nitrogens is 3. The Kier molecular flexibility index (Phi) is 6.39. The summed E-state index contributed by atoms with van der Waals surface area (Å²) in [5, 5.41) is 10.6. The second-order valence-electron chi connectivity index (χ2n) is 9.10. The molecule has 0 aromatic carbocycles. The molecule has 0 radical (unpaired) electrons. The highest BCUT2D eigenvalue weighted by Crippen LogP contribution is 2.31. The minimum Gasteiger partial charge on any atom is -0.456 e. The van der Waals surface area contributed by atoms with Crippen LogP contribution in [0.25, 0.3) is 11.2 Å².